The third-order valence-electron chi connectivity index (χ3n) is 3.48. The average molecular weight is 265 g/mol. The van der Waals surface area contributed by atoms with E-state index in [0.29, 0.717) is 6.42 Å². The smallest absolute Gasteiger partial charge is 0.303 e. The molecule has 0 bridgehead atoms. The lowest BCUT2D eigenvalue weighted by atomic mass is 9.91. The Morgan fingerprint density at radius 3 is 3.00 bits per heavy atom. The van der Waals surface area contributed by atoms with Gasteiger partial charge in [-0.1, -0.05) is 0 Å². The number of hydrogen-bond donors (Lipinski definition) is 2. The first kappa shape index (κ1) is 13.6. The lowest BCUT2D eigenvalue weighted by molar-refractivity contribution is -0.137. The molecule has 1 atom stereocenters. The largest absolute Gasteiger partial charge is 0.481 e. The van der Waals surface area contributed by atoms with Gasteiger partial charge >= 0.3 is 5.97 Å². The highest BCUT2D eigenvalue weighted by molar-refractivity contribution is 5.77. The third-order valence-corrected chi connectivity index (χ3v) is 3.48. The fourth-order valence-corrected chi connectivity index (χ4v) is 2.59. The van der Waals surface area contributed by atoms with Crippen LogP contribution in [-0.2, 0) is 16.0 Å². The Morgan fingerprint density at radius 2 is 2.26 bits per heavy atom. The molecule has 1 aromatic rings. The van der Waals surface area contributed by atoms with Crippen molar-refractivity contribution in [2.45, 2.75) is 51.5 Å². The first-order chi connectivity index (χ1) is 9.08. The fourth-order valence-electron chi connectivity index (χ4n) is 2.59. The lowest BCUT2D eigenvalue weighted by Gasteiger charge is -2.23. The van der Waals surface area contributed by atoms with E-state index in [0.717, 1.165) is 36.1 Å². The van der Waals surface area contributed by atoms with Crippen LogP contribution in [0.3, 0.4) is 0 Å². The Kier molecular flexibility index (Phi) is 4.24. The first-order valence-corrected chi connectivity index (χ1v) is 6.66. The maximum atomic E-state index is 11.8. The van der Waals surface area contributed by atoms with Crippen LogP contribution in [0.15, 0.2) is 10.7 Å². The van der Waals surface area contributed by atoms with E-state index in [9.17, 15) is 9.59 Å². The minimum atomic E-state index is -0.863. The highest BCUT2D eigenvalue weighted by Gasteiger charge is 2.26. The molecule has 0 aromatic carbocycles. The Balaban J connectivity index is 1.91. The molecule has 1 aromatic heterocycles. The number of fused-ring (bicyclic) bond motifs is 1. The second-order valence-corrected chi connectivity index (χ2v) is 5.02. The molecule has 1 heterocycles. The predicted molar refractivity (Wildman–Crippen MR) is 68.8 cm³/mol. The van der Waals surface area contributed by atoms with E-state index in [1.807, 2.05) is 6.92 Å². The molecule has 5 heteroatoms. The predicted octanol–water partition coefficient (Wildman–Crippen LogP) is 2.34. The van der Waals surface area contributed by atoms with Crippen molar-refractivity contribution in [2.75, 3.05) is 0 Å². The molecule has 19 heavy (non-hydrogen) atoms. The highest BCUT2D eigenvalue weighted by Crippen LogP contribution is 2.33. The molecule has 0 radical (unpaired) electrons. The van der Waals surface area contributed by atoms with Gasteiger partial charge in [-0.05, 0) is 31.7 Å². The van der Waals surface area contributed by atoms with E-state index in [1.54, 1.807) is 6.26 Å². The van der Waals surface area contributed by atoms with Crippen LogP contribution in [0.2, 0.25) is 0 Å². The number of carbonyl (C=O) groups excluding carboxylic acids is 1. The zero-order chi connectivity index (χ0) is 13.8. The molecule has 2 rings (SSSR count). The van der Waals surface area contributed by atoms with E-state index in [2.05, 4.69) is 5.32 Å². The molecule has 1 amide bonds. The Hall–Kier alpha value is -1.78. The number of aliphatic carboxylic acids is 1. The van der Waals surface area contributed by atoms with Crippen LogP contribution in [-0.4, -0.2) is 17.0 Å². The van der Waals surface area contributed by atoms with Gasteiger partial charge in [-0.25, -0.2) is 0 Å². The minimum absolute atomic E-state index is 0.0137. The summed E-state index contributed by atoms with van der Waals surface area (Å²) in [4.78, 5) is 22.2. The molecular weight excluding hydrogens is 246 g/mol. The molecule has 0 saturated carbocycles. The number of carboxylic acids is 1. The van der Waals surface area contributed by atoms with E-state index < -0.39 is 5.97 Å². The summed E-state index contributed by atoms with van der Waals surface area (Å²) in [5, 5.41) is 11.5. The normalized spacial score (nSPS) is 17.8. The van der Waals surface area contributed by atoms with E-state index >= 15 is 0 Å². The monoisotopic (exact) mass is 265 g/mol. The zero-order valence-corrected chi connectivity index (χ0v) is 11.1. The molecule has 0 saturated heterocycles. The molecule has 0 unspecified atom stereocenters. The Labute approximate surface area is 112 Å². The second kappa shape index (κ2) is 5.91. The maximum Gasteiger partial charge on any atom is 0.303 e. The van der Waals surface area contributed by atoms with Crippen molar-refractivity contribution in [3.8, 4) is 0 Å². The van der Waals surface area contributed by atoms with E-state index in [4.69, 9.17) is 9.52 Å². The van der Waals surface area contributed by atoms with E-state index in [1.165, 1.54) is 0 Å². The molecule has 104 valence electrons. The number of amides is 1. The number of carboxylic acid groups (broad SMARTS) is 1. The van der Waals surface area contributed by atoms with Crippen molar-refractivity contribution < 1.29 is 19.1 Å². The molecule has 2 N–H and O–H groups in total. The van der Waals surface area contributed by atoms with Crippen LogP contribution in [0, 0.1) is 6.92 Å². The SMILES string of the molecule is Cc1coc2c1[C@H](NC(=O)CCCC(=O)O)CCC2. The van der Waals surface area contributed by atoms with Gasteiger partial charge in [0.2, 0.25) is 5.91 Å². The summed E-state index contributed by atoms with van der Waals surface area (Å²) in [6.07, 6.45) is 5.25. The fraction of sp³-hybridized carbons (Fsp3) is 0.571. The van der Waals surface area contributed by atoms with Crippen LogP contribution in [0.5, 0.6) is 0 Å². The van der Waals surface area contributed by atoms with Crippen molar-refractivity contribution in [3.05, 3.63) is 23.2 Å². The summed E-state index contributed by atoms with van der Waals surface area (Å²) >= 11 is 0. The van der Waals surface area contributed by atoms with Gasteiger partial charge in [-0.15, -0.1) is 0 Å². The summed E-state index contributed by atoms with van der Waals surface area (Å²) in [5.41, 5.74) is 2.18. The average Bonchev–Trinajstić information content (AvgIpc) is 2.72. The van der Waals surface area contributed by atoms with Gasteiger partial charge in [-0.2, -0.15) is 0 Å². The van der Waals surface area contributed by atoms with Crippen LogP contribution < -0.4 is 5.32 Å². The minimum Gasteiger partial charge on any atom is -0.481 e. The summed E-state index contributed by atoms with van der Waals surface area (Å²) in [6, 6.07) is 0.0137. The summed E-state index contributed by atoms with van der Waals surface area (Å²) in [5.74, 6) is 0.0257. The van der Waals surface area contributed by atoms with Gasteiger partial charge < -0.3 is 14.8 Å². The summed E-state index contributed by atoms with van der Waals surface area (Å²) in [7, 11) is 0. The van der Waals surface area contributed by atoms with Gasteiger partial charge in [-0.3, -0.25) is 9.59 Å². The Morgan fingerprint density at radius 1 is 1.47 bits per heavy atom. The Bertz CT molecular complexity index is 478. The van der Waals surface area contributed by atoms with Crippen molar-refractivity contribution in [3.63, 3.8) is 0 Å². The highest BCUT2D eigenvalue weighted by atomic mass is 16.4. The standard InChI is InChI=1S/C14H19NO4/c1-9-8-19-11-5-2-4-10(14(9)11)15-12(16)6-3-7-13(17)18/h8,10H,2-7H2,1H3,(H,15,16)(H,17,18)/t10-/m1/s1. The van der Waals surface area contributed by atoms with Gasteiger partial charge in [0.1, 0.15) is 5.76 Å². The third kappa shape index (κ3) is 3.36. The van der Waals surface area contributed by atoms with Crippen molar-refractivity contribution in [1.29, 1.82) is 0 Å². The first-order valence-electron chi connectivity index (χ1n) is 6.66. The number of hydrogen-bond acceptors (Lipinski definition) is 3. The van der Waals surface area contributed by atoms with Crippen LogP contribution >= 0.6 is 0 Å². The van der Waals surface area contributed by atoms with Crippen LogP contribution in [0.1, 0.15) is 55.0 Å². The van der Waals surface area contributed by atoms with Crippen molar-refractivity contribution in [2.24, 2.45) is 0 Å². The number of rotatable bonds is 5. The molecule has 5 nitrogen and oxygen atoms in total. The van der Waals surface area contributed by atoms with E-state index in [-0.39, 0.29) is 24.8 Å². The molecule has 1 aliphatic rings. The number of furan rings is 1. The van der Waals surface area contributed by atoms with Crippen LogP contribution in [0.25, 0.3) is 0 Å². The van der Waals surface area contributed by atoms with Gasteiger partial charge in [0.15, 0.2) is 0 Å². The van der Waals surface area contributed by atoms with Gasteiger partial charge in [0.25, 0.3) is 0 Å². The molecule has 1 aliphatic carbocycles. The number of nitrogens with one attached hydrogen (secondary N) is 1. The van der Waals surface area contributed by atoms with Crippen molar-refractivity contribution >= 4 is 11.9 Å². The van der Waals surface area contributed by atoms with Crippen molar-refractivity contribution in [1.82, 2.24) is 5.32 Å². The molecule has 0 fully saturated rings. The topological polar surface area (TPSA) is 79.5 Å². The number of carbonyl (C=O) groups is 2. The number of aryl methyl sites for hydroxylation is 2. The van der Waals surface area contributed by atoms with Gasteiger partial charge in [0, 0.05) is 24.8 Å². The second-order valence-electron chi connectivity index (χ2n) is 5.02. The quantitative estimate of drug-likeness (QED) is 0.856. The molecule has 0 aliphatic heterocycles. The lowest BCUT2D eigenvalue weighted by Crippen LogP contribution is -2.30. The molecule has 0 spiro atoms. The van der Waals surface area contributed by atoms with Gasteiger partial charge in [0.05, 0.1) is 12.3 Å². The molecular formula is C14H19NO4. The summed E-state index contributed by atoms with van der Waals surface area (Å²) in [6.45, 7) is 1.98. The summed E-state index contributed by atoms with van der Waals surface area (Å²) < 4.78 is 5.48. The maximum absolute atomic E-state index is 11.8. The zero-order valence-electron chi connectivity index (χ0n) is 11.1. The van der Waals surface area contributed by atoms with Crippen LogP contribution in [0.4, 0.5) is 0 Å².